The largest absolute Gasteiger partial charge is 0.398 e. The van der Waals surface area contributed by atoms with E-state index in [4.69, 9.17) is 5.73 Å². The van der Waals surface area contributed by atoms with Crippen molar-refractivity contribution in [3.8, 4) is 22.3 Å². The molecule has 8 rings (SSSR count). The molecule has 0 aliphatic carbocycles. The lowest BCUT2D eigenvalue weighted by atomic mass is 9.91. The Morgan fingerprint density at radius 3 is 1.80 bits per heavy atom. The highest BCUT2D eigenvalue weighted by Crippen LogP contribution is 2.38. The Morgan fingerprint density at radius 1 is 0.500 bits per heavy atom. The van der Waals surface area contributed by atoms with E-state index in [1.54, 1.807) is 0 Å². The van der Waals surface area contributed by atoms with Crippen molar-refractivity contribution in [3.05, 3.63) is 242 Å². The lowest BCUT2D eigenvalue weighted by molar-refractivity contribution is 1.29. The zero-order valence-electron chi connectivity index (χ0n) is 31.2. The van der Waals surface area contributed by atoms with Gasteiger partial charge in [-0.15, -0.1) is 0 Å². The summed E-state index contributed by atoms with van der Waals surface area (Å²) >= 11 is 0. The third kappa shape index (κ3) is 7.24. The Bertz CT molecular complexity index is 2810. The second-order valence-electron chi connectivity index (χ2n) is 13.6. The molecule has 2 N–H and O–H groups in total. The summed E-state index contributed by atoms with van der Waals surface area (Å²) in [4.78, 5) is 0. The second-order valence-corrected chi connectivity index (χ2v) is 13.6. The predicted octanol–water partition coefficient (Wildman–Crippen LogP) is 14.3. The zero-order chi connectivity index (χ0) is 38.3. The summed E-state index contributed by atoms with van der Waals surface area (Å²) in [6, 6.07) is 61.5. The average Bonchev–Trinajstić information content (AvgIpc) is 3.57. The first-order chi connectivity index (χ1) is 27.6. The molecule has 1 heterocycles. The predicted molar refractivity (Wildman–Crippen MR) is 244 cm³/mol. The highest BCUT2D eigenvalue weighted by Gasteiger charge is 2.14. The number of aromatic nitrogens is 1. The maximum atomic E-state index is 6.78. The van der Waals surface area contributed by atoms with Gasteiger partial charge in [0.15, 0.2) is 0 Å². The molecule has 56 heavy (non-hydrogen) atoms. The molecule has 0 aliphatic rings. The Hall–Kier alpha value is -7.42. The van der Waals surface area contributed by atoms with Gasteiger partial charge in [-0.3, -0.25) is 0 Å². The molecule has 0 saturated heterocycles. The molecule has 0 amide bonds. The molecule has 8 aromatic rings. The summed E-state index contributed by atoms with van der Waals surface area (Å²) in [5.74, 6) is 0. The third-order valence-corrected chi connectivity index (χ3v) is 10.2. The van der Waals surface area contributed by atoms with Crippen LogP contribution >= 0.6 is 0 Å². The molecular weight excluding hydrogens is 677 g/mol. The van der Waals surface area contributed by atoms with Crippen LogP contribution in [0.25, 0.3) is 73.1 Å². The number of para-hydroxylation sites is 1. The SMILES string of the molecule is C=C/C=C(\C=C/n1c2ccccc2c2cc(-c3ccc(N)c(-c4ccccc4/C=C\C(=C(/C=C)c4ccccc4)c4ccccc4)c3)ccc21)c1ccccc1. The maximum absolute atomic E-state index is 6.78. The van der Waals surface area contributed by atoms with Crippen molar-refractivity contribution < 1.29 is 0 Å². The van der Waals surface area contributed by atoms with Gasteiger partial charge in [0.1, 0.15) is 0 Å². The molecule has 0 spiro atoms. The van der Waals surface area contributed by atoms with Crippen LogP contribution in [0.2, 0.25) is 0 Å². The number of nitrogen functional groups attached to an aromatic ring is 1. The smallest absolute Gasteiger partial charge is 0.0535 e. The van der Waals surface area contributed by atoms with Crippen LogP contribution < -0.4 is 5.73 Å². The third-order valence-electron chi connectivity index (χ3n) is 10.2. The van der Waals surface area contributed by atoms with E-state index < -0.39 is 0 Å². The molecule has 268 valence electrons. The van der Waals surface area contributed by atoms with Crippen molar-refractivity contribution in [1.82, 2.24) is 4.57 Å². The minimum Gasteiger partial charge on any atom is -0.398 e. The van der Waals surface area contributed by atoms with E-state index >= 15 is 0 Å². The van der Waals surface area contributed by atoms with Crippen LogP contribution in [0.3, 0.4) is 0 Å². The number of nitrogens with two attached hydrogens (primary N) is 1. The van der Waals surface area contributed by atoms with Gasteiger partial charge in [0.25, 0.3) is 0 Å². The van der Waals surface area contributed by atoms with E-state index in [2.05, 4.69) is 194 Å². The lowest BCUT2D eigenvalue weighted by Crippen LogP contribution is -1.93. The van der Waals surface area contributed by atoms with Crippen LogP contribution in [-0.2, 0) is 0 Å². The molecule has 0 aliphatic heterocycles. The Balaban J connectivity index is 1.19. The molecule has 2 heteroatoms. The van der Waals surface area contributed by atoms with E-state index in [1.807, 2.05) is 42.5 Å². The highest BCUT2D eigenvalue weighted by atomic mass is 15.0. The van der Waals surface area contributed by atoms with Crippen molar-refractivity contribution in [2.45, 2.75) is 0 Å². The molecule has 0 fully saturated rings. The number of hydrogen-bond acceptors (Lipinski definition) is 1. The Kier molecular flexibility index (Phi) is 10.4. The summed E-state index contributed by atoms with van der Waals surface area (Å²) < 4.78 is 2.28. The van der Waals surface area contributed by atoms with E-state index in [0.717, 1.165) is 77.9 Å². The first-order valence-electron chi connectivity index (χ1n) is 18.9. The quantitative estimate of drug-likeness (QED) is 0.0806. The van der Waals surface area contributed by atoms with Crippen LogP contribution in [0, 0.1) is 0 Å². The van der Waals surface area contributed by atoms with Gasteiger partial charge in [-0.2, -0.15) is 0 Å². The van der Waals surface area contributed by atoms with Crippen molar-refractivity contribution in [3.63, 3.8) is 0 Å². The number of nitrogens with zero attached hydrogens (tertiary/aromatic N) is 1. The minimum atomic E-state index is 0.731. The van der Waals surface area contributed by atoms with Crippen molar-refractivity contribution in [2.75, 3.05) is 5.73 Å². The number of anilines is 1. The topological polar surface area (TPSA) is 30.9 Å². The zero-order valence-corrected chi connectivity index (χ0v) is 31.2. The molecule has 1 aromatic heterocycles. The molecule has 0 bridgehead atoms. The summed E-state index contributed by atoms with van der Waals surface area (Å²) in [6.45, 7) is 8.17. The lowest BCUT2D eigenvalue weighted by Gasteiger charge is -2.14. The van der Waals surface area contributed by atoms with Crippen LogP contribution in [0.5, 0.6) is 0 Å². The summed E-state index contributed by atoms with van der Waals surface area (Å²) in [5, 5.41) is 2.39. The summed E-state index contributed by atoms with van der Waals surface area (Å²) in [5.41, 5.74) is 21.8. The first kappa shape index (κ1) is 35.6. The number of hydrogen-bond donors (Lipinski definition) is 1. The Labute approximate surface area is 329 Å². The molecule has 0 atom stereocenters. The number of rotatable bonds is 11. The van der Waals surface area contributed by atoms with Crippen molar-refractivity contribution in [2.24, 2.45) is 0 Å². The molecule has 0 unspecified atom stereocenters. The van der Waals surface area contributed by atoms with Gasteiger partial charge in [0.2, 0.25) is 0 Å². The van der Waals surface area contributed by atoms with Crippen molar-refractivity contribution >= 4 is 56.5 Å². The first-order valence-corrected chi connectivity index (χ1v) is 18.9. The molecule has 7 aromatic carbocycles. The molecule has 0 saturated carbocycles. The summed E-state index contributed by atoms with van der Waals surface area (Å²) in [7, 11) is 0. The van der Waals surface area contributed by atoms with Crippen LogP contribution in [0.4, 0.5) is 5.69 Å². The maximum Gasteiger partial charge on any atom is 0.0535 e. The van der Waals surface area contributed by atoms with Gasteiger partial charge >= 0.3 is 0 Å². The average molecular weight is 719 g/mol. The van der Waals surface area contributed by atoms with E-state index in [1.165, 1.54) is 10.8 Å². The molecule has 0 radical (unpaired) electrons. The normalized spacial score (nSPS) is 12.4. The monoisotopic (exact) mass is 718 g/mol. The van der Waals surface area contributed by atoms with Gasteiger partial charge in [0.05, 0.1) is 11.0 Å². The fraction of sp³-hybridized carbons (Fsp3) is 0. The number of benzene rings is 7. The van der Waals surface area contributed by atoms with Crippen LogP contribution in [0.15, 0.2) is 219 Å². The van der Waals surface area contributed by atoms with E-state index in [9.17, 15) is 0 Å². The van der Waals surface area contributed by atoms with Gasteiger partial charge in [-0.25, -0.2) is 0 Å². The van der Waals surface area contributed by atoms with Gasteiger partial charge in [0, 0.05) is 28.2 Å². The number of fused-ring (bicyclic) bond motifs is 3. The van der Waals surface area contributed by atoms with Crippen LogP contribution in [0.1, 0.15) is 22.3 Å². The second kappa shape index (κ2) is 16.3. The highest BCUT2D eigenvalue weighted by molar-refractivity contribution is 6.11. The Morgan fingerprint density at radius 2 is 1.09 bits per heavy atom. The fourth-order valence-electron chi connectivity index (χ4n) is 7.49. The van der Waals surface area contributed by atoms with E-state index in [0.29, 0.717) is 0 Å². The standard InChI is InChI=1S/C54H42N2/c1-3-18-39(40-19-8-5-9-20-40)35-36-56-53-28-17-16-27-49(53)51-38-45(31-34-54(51)56)44-30-33-52(55)50(37-44)47-26-15-14-25-43(47)29-32-48(42-23-12-7-13-24-42)46(4-2)41-21-10-6-11-22-41/h3-38H,1-2,55H2/b32-29-,36-35-,39-18+,48-46-. The van der Waals surface area contributed by atoms with Gasteiger partial charge < -0.3 is 10.3 Å². The van der Waals surface area contributed by atoms with E-state index in [-0.39, 0.29) is 0 Å². The molecule has 2 nitrogen and oxygen atoms in total. The minimum absolute atomic E-state index is 0.731. The fourth-order valence-corrected chi connectivity index (χ4v) is 7.49. The van der Waals surface area contributed by atoms with Gasteiger partial charge in [-0.1, -0.05) is 189 Å². The number of allylic oxidation sites excluding steroid dienone is 8. The summed E-state index contributed by atoms with van der Waals surface area (Å²) in [6.07, 6.45) is 14.5. The van der Waals surface area contributed by atoms with Gasteiger partial charge in [-0.05, 0) is 92.1 Å². The molecular formula is C54H42N2. The van der Waals surface area contributed by atoms with Crippen molar-refractivity contribution in [1.29, 1.82) is 0 Å². The van der Waals surface area contributed by atoms with Crippen LogP contribution in [-0.4, -0.2) is 4.57 Å².